The van der Waals surface area contributed by atoms with Gasteiger partial charge in [0.05, 0.1) is 26.4 Å². The zero-order valence-electron chi connectivity index (χ0n) is 59.5. The fraction of sp³-hybridized carbons (Fsp3) is 0.944. The second kappa shape index (κ2) is 61.6. The standard InChI is InChI=1S/C72H140O17P2/c1-9-64(7)50-42-34-25-21-18-19-23-27-39-47-55-72(77)88-67(58-82-69(74)52-44-36-30-28-33-41-49-63(5)6)60-86-90(78,79)84-56-66(73)57-85-91(80,81)87-61-68(59-83-70(75)53-45-37-31-29-35-43-51-65(8)10-2)89-71(76)54-46-38-26-22-17-15-13-11-12-14-16-20-24-32-40-48-62(3)4/h62-68,73H,9-61H2,1-8H3,(H,78,79)(H,80,81)/t64?,65?,66-,67-,68-/m1/s1. The van der Waals surface area contributed by atoms with E-state index in [1.165, 1.54) is 148 Å². The minimum absolute atomic E-state index is 0.105. The van der Waals surface area contributed by atoms with E-state index in [1.54, 1.807) is 0 Å². The molecule has 0 spiro atoms. The van der Waals surface area contributed by atoms with E-state index in [2.05, 4.69) is 55.4 Å². The number of rotatable bonds is 69. The lowest BCUT2D eigenvalue weighted by Gasteiger charge is -2.21. The third-order valence-corrected chi connectivity index (χ3v) is 19.2. The van der Waals surface area contributed by atoms with E-state index in [1.807, 2.05) is 0 Å². The molecule has 17 nitrogen and oxygen atoms in total. The molecule has 0 radical (unpaired) electrons. The number of hydrogen-bond donors (Lipinski definition) is 3. The Kier molecular flexibility index (Phi) is 60.3. The van der Waals surface area contributed by atoms with Crippen LogP contribution >= 0.6 is 15.6 Å². The highest BCUT2D eigenvalue weighted by Gasteiger charge is 2.30. The molecule has 4 unspecified atom stereocenters. The molecule has 0 heterocycles. The van der Waals surface area contributed by atoms with E-state index in [-0.39, 0.29) is 25.7 Å². The van der Waals surface area contributed by atoms with Crippen LogP contribution in [0.25, 0.3) is 0 Å². The fourth-order valence-corrected chi connectivity index (χ4v) is 12.4. The minimum Gasteiger partial charge on any atom is -0.462 e. The molecule has 0 saturated heterocycles. The van der Waals surface area contributed by atoms with Crippen LogP contribution in [0.3, 0.4) is 0 Å². The molecule has 0 aliphatic heterocycles. The van der Waals surface area contributed by atoms with Gasteiger partial charge in [-0.25, -0.2) is 9.13 Å². The van der Waals surface area contributed by atoms with Crippen LogP contribution in [-0.2, 0) is 65.4 Å². The van der Waals surface area contributed by atoms with Gasteiger partial charge in [0.25, 0.3) is 0 Å². The van der Waals surface area contributed by atoms with Gasteiger partial charge in [0.15, 0.2) is 12.2 Å². The van der Waals surface area contributed by atoms with Crippen molar-refractivity contribution < 1.29 is 80.2 Å². The Morgan fingerprint density at radius 2 is 0.527 bits per heavy atom. The summed E-state index contributed by atoms with van der Waals surface area (Å²) in [6.45, 7) is 14.1. The monoisotopic (exact) mass is 1340 g/mol. The molecule has 19 heteroatoms. The van der Waals surface area contributed by atoms with E-state index in [4.69, 9.17) is 37.0 Å². The van der Waals surface area contributed by atoms with Crippen LogP contribution < -0.4 is 0 Å². The molecule has 0 aliphatic carbocycles. The van der Waals surface area contributed by atoms with Gasteiger partial charge in [-0.2, -0.15) is 0 Å². The first kappa shape index (κ1) is 89.1. The van der Waals surface area contributed by atoms with E-state index >= 15 is 0 Å². The number of aliphatic hydroxyl groups is 1. The molecular weight excluding hydrogens is 1200 g/mol. The van der Waals surface area contributed by atoms with Crippen molar-refractivity contribution in [3.8, 4) is 0 Å². The van der Waals surface area contributed by atoms with Crippen molar-refractivity contribution in [1.29, 1.82) is 0 Å². The lowest BCUT2D eigenvalue weighted by molar-refractivity contribution is -0.161. The largest absolute Gasteiger partial charge is 0.472 e. The summed E-state index contributed by atoms with van der Waals surface area (Å²) in [7, 11) is -9.91. The van der Waals surface area contributed by atoms with Gasteiger partial charge in [-0.15, -0.1) is 0 Å². The first-order valence-corrected chi connectivity index (χ1v) is 40.3. The Bertz CT molecular complexity index is 1800. The van der Waals surface area contributed by atoms with Crippen molar-refractivity contribution in [3.63, 3.8) is 0 Å². The van der Waals surface area contributed by atoms with Crippen LogP contribution in [0.15, 0.2) is 0 Å². The van der Waals surface area contributed by atoms with Gasteiger partial charge in [-0.1, -0.05) is 306 Å². The van der Waals surface area contributed by atoms with Gasteiger partial charge < -0.3 is 33.8 Å². The van der Waals surface area contributed by atoms with Gasteiger partial charge >= 0.3 is 39.5 Å². The SMILES string of the molecule is CCC(C)CCCCCCCCCCCCC(=O)O[C@H](COC(=O)CCCCCCCCC(C)C)COP(=O)(O)OC[C@@H](O)COP(=O)(O)OC[C@@H](COC(=O)CCCCCCCCC(C)CC)OC(=O)CCCCCCCCCCCCCCCCCC(C)C. The van der Waals surface area contributed by atoms with Crippen LogP contribution in [0.4, 0.5) is 0 Å². The molecule has 91 heavy (non-hydrogen) atoms. The van der Waals surface area contributed by atoms with Crippen molar-refractivity contribution in [2.75, 3.05) is 39.6 Å². The summed E-state index contributed by atoms with van der Waals surface area (Å²) in [5, 5.41) is 10.6. The summed E-state index contributed by atoms with van der Waals surface area (Å²) in [6.07, 6.45) is 44.6. The Hall–Kier alpha value is -1.94. The molecule has 0 bridgehead atoms. The summed E-state index contributed by atoms with van der Waals surface area (Å²) in [5.41, 5.74) is 0. The number of phosphoric acid groups is 2. The number of ether oxygens (including phenoxy) is 4. The number of aliphatic hydroxyl groups excluding tert-OH is 1. The maximum absolute atomic E-state index is 13.0. The molecule has 0 aromatic carbocycles. The molecule has 0 rings (SSSR count). The zero-order valence-corrected chi connectivity index (χ0v) is 61.3. The van der Waals surface area contributed by atoms with Crippen molar-refractivity contribution >= 4 is 39.5 Å². The van der Waals surface area contributed by atoms with E-state index in [0.717, 1.165) is 120 Å². The Morgan fingerprint density at radius 1 is 0.308 bits per heavy atom. The maximum Gasteiger partial charge on any atom is 0.472 e. The van der Waals surface area contributed by atoms with Gasteiger partial charge in [-0.05, 0) is 49.4 Å². The van der Waals surface area contributed by atoms with E-state index in [0.29, 0.717) is 31.6 Å². The van der Waals surface area contributed by atoms with Gasteiger partial charge in [0.1, 0.15) is 19.3 Å². The van der Waals surface area contributed by atoms with E-state index < -0.39 is 97.5 Å². The van der Waals surface area contributed by atoms with E-state index in [9.17, 15) is 43.2 Å². The first-order valence-electron chi connectivity index (χ1n) is 37.3. The quantitative estimate of drug-likeness (QED) is 0.0222. The second-order valence-corrected chi connectivity index (χ2v) is 30.3. The van der Waals surface area contributed by atoms with Crippen molar-refractivity contribution in [2.45, 2.75) is 375 Å². The average molecular weight is 1340 g/mol. The highest BCUT2D eigenvalue weighted by Crippen LogP contribution is 2.45. The number of unbranched alkanes of at least 4 members (excludes halogenated alkanes) is 33. The van der Waals surface area contributed by atoms with Crippen molar-refractivity contribution in [2.24, 2.45) is 23.7 Å². The predicted molar refractivity (Wildman–Crippen MR) is 367 cm³/mol. The Labute approximate surface area is 556 Å². The molecule has 0 aromatic heterocycles. The van der Waals surface area contributed by atoms with Crippen LogP contribution in [0, 0.1) is 23.7 Å². The van der Waals surface area contributed by atoms with Gasteiger partial charge in [0.2, 0.25) is 0 Å². The summed E-state index contributed by atoms with van der Waals surface area (Å²) in [5.74, 6) is 0.886. The molecule has 3 N–H and O–H groups in total. The first-order chi connectivity index (χ1) is 43.7. The van der Waals surface area contributed by atoms with Crippen molar-refractivity contribution in [3.05, 3.63) is 0 Å². The summed E-state index contributed by atoms with van der Waals surface area (Å²) >= 11 is 0. The van der Waals surface area contributed by atoms with Crippen molar-refractivity contribution in [1.82, 2.24) is 0 Å². The summed E-state index contributed by atoms with van der Waals surface area (Å²) in [4.78, 5) is 72.6. The second-order valence-electron chi connectivity index (χ2n) is 27.4. The van der Waals surface area contributed by atoms with Crippen LogP contribution in [0.5, 0.6) is 0 Å². The molecule has 0 aliphatic rings. The number of carbonyl (C=O) groups excluding carboxylic acids is 4. The number of carbonyl (C=O) groups is 4. The average Bonchev–Trinajstić information content (AvgIpc) is 3.69. The molecular formula is C72H140O17P2. The third kappa shape index (κ3) is 63.9. The Balaban J connectivity index is 5.22. The number of hydrogen-bond acceptors (Lipinski definition) is 15. The summed E-state index contributed by atoms with van der Waals surface area (Å²) in [6, 6.07) is 0. The third-order valence-electron chi connectivity index (χ3n) is 17.3. The van der Waals surface area contributed by atoms with Gasteiger partial charge in [0, 0.05) is 25.7 Å². The molecule has 0 aromatic rings. The smallest absolute Gasteiger partial charge is 0.462 e. The minimum atomic E-state index is -4.95. The zero-order chi connectivity index (χ0) is 67.5. The highest BCUT2D eigenvalue weighted by molar-refractivity contribution is 7.47. The van der Waals surface area contributed by atoms with Crippen LogP contribution in [0.1, 0.15) is 357 Å². The molecule has 540 valence electrons. The summed E-state index contributed by atoms with van der Waals surface area (Å²) < 4.78 is 68.3. The predicted octanol–water partition coefficient (Wildman–Crippen LogP) is 20.5. The highest BCUT2D eigenvalue weighted by atomic mass is 31.2. The lowest BCUT2D eigenvalue weighted by Crippen LogP contribution is -2.30. The molecule has 0 saturated carbocycles. The number of phosphoric ester groups is 2. The topological polar surface area (TPSA) is 237 Å². The van der Waals surface area contributed by atoms with Crippen LogP contribution in [-0.4, -0.2) is 96.7 Å². The number of esters is 4. The molecule has 0 fully saturated rings. The Morgan fingerprint density at radius 3 is 0.780 bits per heavy atom. The van der Waals surface area contributed by atoms with Gasteiger partial charge in [-0.3, -0.25) is 37.3 Å². The molecule has 7 atom stereocenters. The fourth-order valence-electron chi connectivity index (χ4n) is 10.8. The molecule has 0 amide bonds. The lowest BCUT2D eigenvalue weighted by atomic mass is 9.99. The van der Waals surface area contributed by atoms with Crippen LogP contribution in [0.2, 0.25) is 0 Å². The normalized spacial score (nSPS) is 14.8. The maximum atomic E-state index is 13.0.